The maximum absolute atomic E-state index is 6.01. The molecule has 1 aromatic carbocycles. The molecule has 0 saturated heterocycles. The predicted molar refractivity (Wildman–Crippen MR) is 69.5 cm³/mol. The van der Waals surface area contributed by atoms with E-state index in [1.54, 1.807) is 0 Å². The SMILES string of the molecule is C1=CCN(CC2CNc3ccccc3O2)CC1. The van der Waals surface area contributed by atoms with E-state index >= 15 is 0 Å². The van der Waals surface area contributed by atoms with Crippen LogP contribution in [0.5, 0.6) is 5.75 Å². The fraction of sp³-hybridized carbons (Fsp3) is 0.429. The molecule has 1 atom stereocenters. The lowest BCUT2D eigenvalue weighted by atomic mass is 10.2. The van der Waals surface area contributed by atoms with Crippen molar-refractivity contribution in [3.63, 3.8) is 0 Å². The molecule has 0 saturated carbocycles. The monoisotopic (exact) mass is 230 g/mol. The largest absolute Gasteiger partial charge is 0.485 e. The maximum atomic E-state index is 6.01. The number of fused-ring (bicyclic) bond motifs is 1. The van der Waals surface area contributed by atoms with Gasteiger partial charge in [-0.15, -0.1) is 0 Å². The van der Waals surface area contributed by atoms with Gasteiger partial charge in [0.15, 0.2) is 0 Å². The number of benzene rings is 1. The van der Waals surface area contributed by atoms with E-state index in [9.17, 15) is 0 Å². The van der Waals surface area contributed by atoms with Crippen LogP contribution in [0.15, 0.2) is 36.4 Å². The average Bonchev–Trinajstić information content (AvgIpc) is 2.40. The lowest BCUT2D eigenvalue weighted by molar-refractivity contribution is 0.142. The van der Waals surface area contributed by atoms with Gasteiger partial charge in [0.1, 0.15) is 11.9 Å². The summed E-state index contributed by atoms with van der Waals surface area (Å²) >= 11 is 0. The second-order valence-electron chi connectivity index (χ2n) is 4.64. The van der Waals surface area contributed by atoms with Crippen LogP contribution in [0.3, 0.4) is 0 Å². The Morgan fingerprint density at radius 2 is 2.24 bits per heavy atom. The number of hydrogen-bond donors (Lipinski definition) is 1. The molecule has 0 radical (unpaired) electrons. The van der Waals surface area contributed by atoms with Crippen molar-refractivity contribution >= 4 is 5.69 Å². The van der Waals surface area contributed by atoms with Crippen molar-refractivity contribution in [1.82, 2.24) is 4.90 Å². The van der Waals surface area contributed by atoms with E-state index in [0.717, 1.165) is 44.0 Å². The molecule has 1 N–H and O–H groups in total. The summed E-state index contributed by atoms with van der Waals surface area (Å²) in [5.41, 5.74) is 1.11. The summed E-state index contributed by atoms with van der Waals surface area (Å²) in [6.07, 6.45) is 5.92. The summed E-state index contributed by atoms with van der Waals surface area (Å²) in [6.45, 7) is 4.11. The van der Waals surface area contributed by atoms with E-state index in [-0.39, 0.29) is 6.10 Å². The number of para-hydroxylation sites is 2. The molecule has 2 aliphatic heterocycles. The van der Waals surface area contributed by atoms with Gasteiger partial charge in [0.25, 0.3) is 0 Å². The Kier molecular flexibility index (Phi) is 3.01. The molecule has 0 aliphatic carbocycles. The van der Waals surface area contributed by atoms with Gasteiger partial charge < -0.3 is 10.1 Å². The first-order valence-electron chi connectivity index (χ1n) is 6.29. The Morgan fingerprint density at radius 3 is 3.12 bits per heavy atom. The first-order chi connectivity index (χ1) is 8.42. The third-order valence-electron chi connectivity index (χ3n) is 3.30. The molecule has 1 unspecified atom stereocenters. The van der Waals surface area contributed by atoms with E-state index in [1.807, 2.05) is 18.2 Å². The molecule has 2 heterocycles. The highest BCUT2D eigenvalue weighted by Crippen LogP contribution is 2.28. The van der Waals surface area contributed by atoms with Gasteiger partial charge in [0.2, 0.25) is 0 Å². The second kappa shape index (κ2) is 4.80. The Hall–Kier alpha value is -1.48. The standard InChI is InChI=1S/C14H18N2O/c1-4-8-16(9-5-1)11-12-10-15-13-6-2-3-7-14(13)17-12/h1-4,6-7,12,15H,5,8-11H2. The van der Waals surface area contributed by atoms with Crippen molar-refractivity contribution < 1.29 is 4.74 Å². The molecule has 0 bridgehead atoms. The molecule has 1 aromatic rings. The van der Waals surface area contributed by atoms with Crippen LogP contribution < -0.4 is 10.1 Å². The zero-order valence-corrected chi connectivity index (χ0v) is 9.93. The maximum Gasteiger partial charge on any atom is 0.142 e. The number of rotatable bonds is 2. The van der Waals surface area contributed by atoms with Crippen molar-refractivity contribution in [2.75, 3.05) is 31.5 Å². The average molecular weight is 230 g/mol. The fourth-order valence-corrected chi connectivity index (χ4v) is 2.41. The normalized spacial score (nSPS) is 23.6. The van der Waals surface area contributed by atoms with Crippen LogP contribution in [0.1, 0.15) is 6.42 Å². The van der Waals surface area contributed by atoms with Crippen LogP contribution in [0.25, 0.3) is 0 Å². The van der Waals surface area contributed by atoms with Crippen LogP contribution in [-0.2, 0) is 0 Å². The summed E-state index contributed by atoms with van der Waals surface area (Å²) in [7, 11) is 0. The van der Waals surface area contributed by atoms with Gasteiger partial charge in [0.05, 0.1) is 12.2 Å². The van der Waals surface area contributed by atoms with Crippen LogP contribution in [0.4, 0.5) is 5.69 Å². The molecule has 17 heavy (non-hydrogen) atoms. The number of nitrogens with one attached hydrogen (secondary N) is 1. The van der Waals surface area contributed by atoms with Gasteiger partial charge in [0, 0.05) is 19.6 Å². The Bertz CT molecular complexity index is 416. The third kappa shape index (κ3) is 2.44. The van der Waals surface area contributed by atoms with E-state index < -0.39 is 0 Å². The van der Waals surface area contributed by atoms with Crippen LogP contribution in [0.2, 0.25) is 0 Å². The molecule has 90 valence electrons. The van der Waals surface area contributed by atoms with E-state index in [1.165, 1.54) is 0 Å². The summed E-state index contributed by atoms with van der Waals surface area (Å²) in [5.74, 6) is 0.983. The van der Waals surface area contributed by atoms with Gasteiger partial charge in [-0.25, -0.2) is 0 Å². The highest BCUT2D eigenvalue weighted by Gasteiger charge is 2.21. The number of ether oxygens (including phenoxy) is 1. The predicted octanol–water partition coefficient (Wildman–Crippen LogP) is 2.12. The van der Waals surface area contributed by atoms with Gasteiger partial charge in [-0.05, 0) is 18.6 Å². The Balaban J connectivity index is 1.62. The molecule has 0 amide bonds. The smallest absolute Gasteiger partial charge is 0.142 e. The van der Waals surface area contributed by atoms with Gasteiger partial charge in [-0.3, -0.25) is 4.90 Å². The zero-order valence-electron chi connectivity index (χ0n) is 9.93. The Labute approximate surface area is 102 Å². The zero-order chi connectivity index (χ0) is 11.5. The van der Waals surface area contributed by atoms with Gasteiger partial charge in [-0.2, -0.15) is 0 Å². The second-order valence-corrected chi connectivity index (χ2v) is 4.64. The number of anilines is 1. The number of nitrogens with zero attached hydrogens (tertiary/aromatic N) is 1. The molecule has 0 spiro atoms. The van der Waals surface area contributed by atoms with Crippen molar-refractivity contribution in [3.05, 3.63) is 36.4 Å². The Morgan fingerprint density at radius 1 is 1.29 bits per heavy atom. The van der Waals surface area contributed by atoms with Crippen molar-refractivity contribution in [3.8, 4) is 5.75 Å². The lowest BCUT2D eigenvalue weighted by Gasteiger charge is -2.32. The lowest BCUT2D eigenvalue weighted by Crippen LogP contribution is -2.42. The molecular formula is C14H18N2O. The van der Waals surface area contributed by atoms with Crippen LogP contribution in [-0.4, -0.2) is 37.2 Å². The summed E-state index contributed by atoms with van der Waals surface area (Å²) in [4.78, 5) is 2.44. The fourth-order valence-electron chi connectivity index (χ4n) is 2.41. The highest BCUT2D eigenvalue weighted by molar-refractivity contribution is 5.57. The minimum Gasteiger partial charge on any atom is -0.485 e. The minimum absolute atomic E-state index is 0.261. The molecule has 3 rings (SSSR count). The van der Waals surface area contributed by atoms with E-state index in [4.69, 9.17) is 4.74 Å². The molecule has 0 fully saturated rings. The molecule has 0 aromatic heterocycles. The summed E-state index contributed by atoms with van der Waals surface area (Å²) in [5, 5.41) is 3.43. The molecule has 3 heteroatoms. The minimum atomic E-state index is 0.261. The van der Waals surface area contributed by atoms with Crippen LogP contribution >= 0.6 is 0 Å². The third-order valence-corrected chi connectivity index (χ3v) is 3.30. The van der Waals surface area contributed by atoms with E-state index in [2.05, 4.69) is 28.4 Å². The van der Waals surface area contributed by atoms with E-state index in [0.29, 0.717) is 0 Å². The van der Waals surface area contributed by atoms with Crippen molar-refractivity contribution in [2.24, 2.45) is 0 Å². The highest BCUT2D eigenvalue weighted by atomic mass is 16.5. The van der Waals surface area contributed by atoms with Gasteiger partial charge >= 0.3 is 0 Å². The first kappa shape index (κ1) is 10.7. The molecule has 2 aliphatic rings. The van der Waals surface area contributed by atoms with Gasteiger partial charge in [-0.1, -0.05) is 24.3 Å². The summed E-state index contributed by atoms with van der Waals surface area (Å²) in [6, 6.07) is 8.15. The first-order valence-corrected chi connectivity index (χ1v) is 6.29. The quantitative estimate of drug-likeness (QED) is 0.788. The molecular weight excluding hydrogens is 212 g/mol. The summed E-state index contributed by atoms with van der Waals surface area (Å²) < 4.78 is 6.01. The van der Waals surface area contributed by atoms with Crippen LogP contribution in [0, 0.1) is 0 Å². The van der Waals surface area contributed by atoms with Crippen molar-refractivity contribution in [1.29, 1.82) is 0 Å². The van der Waals surface area contributed by atoms with Crippen molar-refractivity contribution in [2.45, 2.75) is 12.5 Å². The molecule has 3 nitrogen and oxygen atoms in total. The topological polar surface area (TPSA) is 24.5 Å². The number of hydrogen-bond acceptors (Lipinski definition) is 3.